The summed E-state index contributed by atoms with van der Waals surface area (Å²) in [7, 11) is 0. The van der Waals surface area contributed by atoms with Crippen molar-refractivity contribution < 1.29 is 0 Å². The van der Waals surface area contributed by atoms with Gasteiger partial charge in [-0.05, 0) is 37.0 Å². The van der Waals surface area contributed by atoms with Crippen LogP contribution in [0.3, 0.4) is 0 Å². The third-order valence-electron chi connectivity index (χ3n) is 3.29. The number of rotatable bonds is 0. The second kappa shape index (κ2) is 2.84. The van der Waals surface area contributed by atoms with Gasteiger partial charge in [-0.25, -0.2) is 0 Å². The molecule has 1 atom stereocenters. The maximum absolute atomic E-state index is 11.7. The van der Waals surface area contributed by atoms with Crippen LogP contribution in [0, 0.1) is 0 Å². The molecule has 14 heavy (non-hydrogen) atoms. The topological polar surface area (TPSA) is 22.0 Å². The Labute approximate surface area is 82.9 Å². The monoisotopic (exact) mass is 187 g/mol. The van der Waals surface area contributed by atoms with Gasteiger partial charge in [0, 0.05) is 11.8 Å². The summed E-state index contributed by atoms with van der Waals surface area (Å²) in [4.78, 5) is 11.7. The Morgan fingerprint density at radius 3 is 3.14 bits per heavy atom. The van der Waals surface area contributed by atoms with E-state index in [0.29, 0.717) is 6.04 Å². The van der Waals surface area contributed by atoms with Crippen LogP contribution in [0.4, 0.5) is 0 Å². The summed E-state index contributed by atoms with van der Waals surface area (Å²) in [6.07, 6.45) is 7.05. The minimum absolute atomic E-state index is 0.153. The Balaban J connectivity index is 2.18. The Morgan fingerprint density at radius 2 is 2.21 bits per heavy atom. The highest BCUT2D eigenvalue weighted by atomic mass is 16.1. The van der Waals surface area contributed by atoms with Crippen LogP contribution in [0.5, 0.6) is 0 Å². The van der Waals surface area contributed by atoms with E-state index in [2.05, 4.69) is 6.08 Å². The van der Waals surface area contributed by atoms with Crippen LogP contribution >= 0.6 is 0 Å². The first-order chi connectivity index (χ1) is 6.86. The van der Waals surface area contributed by atoms with Crippen LogP contribution in [-0.2, 0) is 0 Å². The fraction of sp³-hybridized carbons (Fsp3) is 0.417. The number of fused-ring (bicyclic) bond motifs is 3. The summed E-state index contributed by atoms with van der Waals surface area (Å²) in [5, 5.41) is 0. The third-order valence-corrected chi connectivity index (χ3v) is 3.29. The summed E-state index contributed by atoms with van der Waals surface area (Å²) >= 11 is 0. The van der Waals surface area contributed by atoms with Gasteiger partial charge in [-0.15, -0.1) is 0 Å². The molecule has 0 N–H and O–H groups in total. The van der Waals surface area contributed by atoms with Crippen molar-refractivity contribution >= 4 is 6.08 Å². The van der Waals surface area contributed by atoms with E-state index in [1.165, 1.54) is 24.8 Å². The summed E-state index contributed by atoms with van der Waals surface area (Å²) in [6, 6.07) is 5.93. The van der Waals surface area contributed by atoms with Crippen molar-refractivity contribution in [3.63, 3.8) is 0 Å². The highest BCUT2D eigenvalue weighted by Crippen LogP contribution is 2.38. The van der Waals surface area contributed by atoms with Crippen molar-refractivity contribution in [3.8, 4) is 0 Å². The predicted molar refractivity (Wildman–Crippen MR) is 56.2 cm³/mol. The first-order valence-corrected chi connectivity index (χ1v) is 5.28. The zero-order valence-corrected chi connectivity index (χ0v) is 8.07. The molecule has 3 rings (SSSR count). The molecule has 1 unspecified atom stereocenters. The lowest BCUT2D eigenvalue weighted by Gasteiger charge is -2.22. The Hall–Kier alpha value is -1.31. The molecular weight excluding hydrogens is 174 g/mol. The van der Waals surface area contributed by atoms with Gasteiger partial charge in [0.05, 0.1) is 6.04 Å². The summed E-state index contributed by atoms with van der Waals surface area (Å²) in [5.74, 6) is 0. The van der Waals surface area contributed by atoms with E-state index in [9.17, 15) is 4.79 Å². The number of nitrogens with zero attached hydrogens (tertiary/aromatic N) is 1. The van der Waals surface area contributed by atoms with E-state index in [4.69, 9.17) is 0 Å². The fourth-order valence-corrected chi connectivity index (χ4v) is 2.64. The molecule has 72 valence electrons. The van der Waals surface area contributed by atoms with E-state index in [1.54, 1.807) is 6.07 Å². The molecule has 0 amide bonds. The van der Waals surface area contributed by atoms with Crippen molar-refractivity contribution in [2.24, 2.45) is 0 Å². The van der Waals surface area contributed by atoms with E-state index >= 15 is 0 Å². The Kier molecular flexibility index (Phi) is 1.63. The number of allylic oxidation sites excluding steroid dienone is 1. The average Bonchev–Trinajstić information content (AvgIpc) is 2.57. The maximum atomic E-state index is 11.7. The van der Waals surface area contributed by atoms with Crippen LogP contribution in [-0.4, -0.2) is 4.57 Å². The van der Waals surface area contributed by atoms with Crippen LogP contribution in [0.1, 0.15) is 37.4 Å². The van der Waals surface area contributed by atoms with Crippen LogP contribution in [0.2, 0.25) is 0 Å². The second-order valence-electron chi connectivity index (χ2n) is 4.14. The predicted octanol–water partition coefficient (Wildman–Crippen LogP) is 2.36. The van der Waals surface area contributed by atoms with Gasteiger partial charge in [0.2, 0.25) is 0 Å². The van der Waals surface area contributed by atoms with E-state index in [0.717, 1.165) is 12.1 Å². The molecule has 1 aliphatic carbocycles. The first kappa shape index (κ1) is 8.04. The van der Waals surface area contributed by atoms with Gasteiger partial charge in [0.1, 0.15) is 0 Å². The normalized spacial score (nSPS) is 24.0. The van der Waals surface area contributed by atoms with Gasteiger partial charge in [0.25, 0.3) is 5.56 Å². The van der Waals surface area contributed by atoms with E-state index in [-0.39, 0.29) is 5.56 Å². The summed E-state index contributed by atoms with van der Waals surface area (Å²) in [5.41, 5.74) is 2.71. The number of hydrogen-bond donors (Lipinski definition) is 0. The van der Waals surface area contributed by atoms with Gasteiger partial charge < -0.3 is 4.57 Å². The molecule has 0 aromatic carbocycles. The minimum atomic E-state index is 0.153. The van der Waals surface area contributed by atoms with E-state index < -0.39 is 0 Å². The van der Waals surface area contributed by atoms with Gasteiger partial charge in [-0.3, -0.25) is 4.79 Å². The van der Waals surface area contributed by atoms with Gasteiger partial charge in [-0.1, -0.05) is 12.5 Å². The highest BCUT2D eigenvalue weighted by molar-refractivity contribution is 5.55. The van der Waals surface area contributed by atoms with Crippen molar-refractivity contribution in [2.75, 3.05) is 0 Å². The zero-order chi connectivity index (χ0) is 9.54. The van der Waals surface area contributed by atoms with Crippen molar-refractivity contribution in [1.29, 1.82) is 0 Å². The largest absolute Gasteiger partial charge is 0.302 e. The SMILES string of the molecule is O=c1cccc2n1C1CCCCC1=C2. The molecule has 1 saturated carbocycles. The Morgan fingerprint density at radius 1 is 1.29 bits per heavy atom. The molecule has 1 fully saturated rings. The van der Waals surface area contributed by atoms with Crippen molar-refractivity contribution in [2.45, 2.75) is 31.7 Å². The Bertz CT molecular complexity index is 456. The third kappa shape index (κ3) is 0.999. The molecule has 1 aliphatic heterocycles. The molecule has 0 radical (unpaired) electrons. The molecule has 2 heterocycles. The second-order valence-corrected chi connectivity index (χ2v) is 4.14. The molecule has 2 heteroatoms. The van der Waals surface area contributed by atoms with Gasteiger partial charge >= 0.3 is 0 Å². The lowest BCUT2D eigenvalue weighted by atomic mass is 9.91. The summed E-state index contributed by atoms with van der Waals surface area (Å²) in [6.45, 7) is 0. The van der Waals surface area contributed by atoms with Crippen LogP contribution < -0.4 is 5.56 Å². The molecule has 0 saturated heterocycles. The van der Waals surface area contributed by atoms with E-state index in [1.807, 2.05) is 16.7 Å². The number of aromatic nitrogens is 1. The lowest BCUT2D eigenvalue weighted by molar-refractivity contribution is 0.445. The van der Waals surface area contributed by atoms with Crippen LogP contribution in [0.15, 0.2) is 28.6 Å². The van der Waals surface area contributed by atoms with Crippen LogP contribution in [0.25, 0.3) is 6.08 Å². The first-order valence-electron chi connectivity index (χ1n) is 5.28. The van der Waals surface area contributed by atoms with Gasteiger partial charge in [0.15, 0.2) is 0 Å². The lowest BCUT2D eigenvalue weighted by Crippen LogP contribution is -2.24. The molecule has 1 aromatic heterocycles. The smallest absolute Gasteiger partial charge is 0.251 e. The molecule has 2 nitrogen and oxygen atoms in total. The average molecular weight is 187 g/mol. The molecule has 1 aromatic rings. The quantitative estimate of drug-likeness (QED) is 0.611. The number of pyridine rings is 1. The maximum Gasteiger partial charge on any atom is 0.251 e. The fourth-order valence-electron chi connectivity index (χ4n) is 2.64. The summed E-state index contributed by atoms with van der Waals surface area (Å²) < 4.78 is 1.95. The molecule has 2 aliphatic rings. The zero-order valence-electron chi connectivity index (χ0n) is 8.07. The standard InChI is InChI=1S/C12H13NO/c14-12-7-3-5-10-8-9-4-1-2-6-11(9)13(10)12/h3,5,7-8,11H,1-2,4,6H2. The minimum Gasteiger partial charge on any atom is -0.302 e. The molecule has 0 spiro atoms. The molecule has 0 bridgehead atoms. The van der Waals surface area contributed by atoms with Crippen molar-refractivity contribution in [1.82, 2.24) is 4.57 Å². The number of hydrogen-bond acceptors (Lipinski definition) is 1. The van der Waals surface area contributed by atoms with Crippen molar-refractivity contribution in [3.05, 3.63) is 39.8 Å². The highest BCUT2D eigenvalue weighted by Gasteiger charge is 2.27. The molecular formula is C12H13NO. The van der Waals surface area contributed by atoms with Gasteiger partial charge in [-0.2, -0.15) is 0 Å².